The third kappa shape index (κ3) is 3.35. The number of hydrogen-bond donors (Lipinski definition) is 3. The minimum atomic E-state index is -0.0285. The van der Waals surface area contributed by atoms with Crippen LogP contribution in [0.3, 0.4) is 0 Å². The summed E-state index contributed by atoms with van der Waals surface area (Å²) in [4.78, 5) is 25.6. The number of aromatic amines is 1. The molecule has 5 nitrogen and oxygen atoms in total. The van der Waals surface area contributed by atoms with Gasteiger partial charge in [0.15, 0.2) is 0 Å². The first-order valence-electron chi connectivity index (χ1n) is 6.36. The van der Waals surface area contributed by atoms with Crippen LogP contribution < -0.4 is 10.6 Å². The monoisotopic (exact) mass is 249 g/mol. The van der Waals surface area contributed by atoms with Crippen LogP contribution in [-0.4, -0.2) is 28.9 Å². The van der Waals surface area contributed by atoms with Gasteiger partial charge in [-0.3, -0.25) is 9.59 Å². The van der Waals surface area contributed by atoms with Crippen molar-refractivity contribution in [2.75, 3.05) is 0 Å². The van der Waals surface area contributed by atoms with E-state index in [4.69, 9.17) is 0 Å². The molecule has 0 unspecified atom stereocenters. The van der Waals surface area contributed by atoms with E-state index in [1.807, 2.05) is 0 Å². The Morgan fingerprint density at radius 1 is 1.17 bits per heavy atom. The zero-order chi connectivity index (χ0) is 13.0. The lowest BCUT2D eigenvalue weighted by molar-refractivity contribution is -0.119. The van der Waals surface area contributed by atoms with E-state index in [0.717, 1.165) is 25.7 Å². The molecular weight excluding hydrogens is 230 g/mol. The molecule has 1 aliphatic carbocycles. The van der Waals surface area contributed by atoms with Crippen LogP contribution in [0.15, 0.2) is 18.5 Å². The lowest BCUT2D eigenvalue weighted by Gasteiger charge is -2.29. The fraction of sp³-hybridized carbons (Fsp3) is 0.538. The van der Waals surface area contributed by atoms with Gasteiger partial charge in [-0.2, -0.15) is 0 Å². The van der Waals surface area contributed by atoms with Crippen molar-refractivity contribution in [1.82, 2.24) is 15.6 Å². The Balaban J connectivity index is 1.77. The van der Waals surface area contributed by atoms with E-state index in [1.54, 1.807) is 25.4 Å². The molecular formula is C13H19N3O2. The van der Waals surface area contributed by atoms with Gasteiger partial charge in [-0.15, -0.1) is 0 Å². The van der Waals surface area contributed by atoms with E-state index in [2.05, 4.69) is 15.6 Å². The first-order valence-corrected chi connectivity index (χ1v) is 6.36. The van der Waals surface area contributed by atoms with Gasteiger partial charge in [0.1, 0.15) is 0 Å². The first-order chi connectivity index (χ1) is 8.65. The minimum Gasteiger partial charge on any atom is -0.367 e. The molecule has 1 aromatic heterocycles. The maximum Gasteiger partial charge on any atom is 0.253 e. The largest absolute Gasteiger partial charge is 0.367 e. The molecule has 0 aliphatic heterocycles. The summed E-state index contributed by atoms with van der Waals surface area (Å²) in [6, 6.07) is 2.25. The summed E-state index contributed by atoms with van der Waals surface area (Å²) in [5, 5.41) is 5.95. The summed E-state index contributed by atoms with van der Waals surface area (Å²) in [6.07, 6.45) is 7.12. The van der Waals surface area contributed by atoms with Crippen molar-refractivity contribution in [3.63, 3.8) is 0 Å². The van der Waals surface area contributed by atoms with Gasteiger partial charge in [0.05, 0.1) is 5.56 Å². The smallest absolute Gasteiger partial charge is 0.253 e. The number of rotatable bonds is 3. The number of carbonyl (C=O) groups excluding carboxylic acids is 2. The summed E-state index contributed by atoms with van der Waals surface area (Å²) < 4.78 is 0. The fourth-order valence-corrected chi connectivity index (χ4v) is 2.40. The maximum atomic E-state index is 11.8. The third-order valence-electron chi connectivity index (χ3n) is 3.33. The van der Waals surface area contributed by atoms with Crippen LogP contribution in [0.2, 0.25) is 0 Å². The Hall–Kier alpha value is -1.78. The molecule has 3 N–H and O–H groups in total. The van der Waals surface area contributed by atoms with Gasteiger partial charge in [0.2, 0.25) is 5.91 Å². The van der Waals surface area contributed by atoms with E-state index in [9.17, 15) is 9.59 Å². The van der Waals surface area contributed by atoms with Crippen molar-refractivity contribution in [3.05, 3.63) is 24.0 Å². The molecule has 1 aliphatic rings. The second-order valence-corrected chi connectivity index (χ2v) is 4.82. The van der Waals surface area contributed by atoms with Crippen molar-refractivity contribution in [2.45, 2.75) is 44.7 Å². The predicted octanol–water partition coefficient (Wildman–Crippen LogP) is 1.19. The van der Waals surface area contributed by atoms with E-state index in [0.29, 0.717) is 5.56 Å². The minimum absolute atomic E-state index is 0.0230. The molecule has 1 aromatic rings. The SMILES string of the molecule is CC(=O)NC1CCC(NC(=O)c2cc[nH]c2)CC1. The fourth-order valence-electron chi connectivity index (χ4n) is 2.40. The molecule has 0 bridgehead atoms. The number of hydrogen-bond acceptors (Lipinski definition) is 2. The summed E-state index contributed by atoms with van der Waals surface area (Å²) >= 11 is 0. The van der Waals surface area contributed by atoms with Crippen molar-refractivity contribution in [1.29, 1.82) is 0 Å². The third-order valence-corrected chi connectivity index (χ3v) is 3.33. The molecule has 2 rings (SSSR count). The molecule has 0 atom stereocenters. The highest BCUT2D eigenvalue weighted by molar-refractivity contribution is 5.94. The molecule has 1 heterocycles. The van der Waals surface area contributed by atoms with Crippen LogP contribution in [0.1, 0.15) is 43.0 Å². The van der Waals surface area contributed by atoms with E-state index < -0.39 is 0 Å². The lowest BCUT2D eigenvalue weighted by Crippen LogP contribution is -2.43. The molecule has 98 valence electrons. The van der Waals surface area contributed by atoms with Gasteiger partial charge in [0, 0.05) is 31.4 Å². The molecule has 5 heteroatoms. The molecule has 0 spiro atoms. The number of carbonyl (C=O) groups is 2. The van der Waals surface area contributed by atoms with Crippen molar-refractivity contribution >= 4 is 11.8 Å². The number of amides is 2. The molecule has 18 heavy (non-hydrogen) atoms. The Morgan fingerprint density at radius 3 is 2.28 bits per heavy atom. The van der Waals surface area contributed by atoms with Gasteiger partial charge >= 0.3 is 0 Å². The standard InChI is InChI=1S/C13H19N3O2/c1-9(17)15-11-2-4-12(5-3-11)16-13(18)10-6-7-14-8-10/h6-8,11-12,14H,2-5H2,1H3,(H,15,17)(H,16,18). The second kappa shape index (κ2) is 5.71. The van der Waals surface area contributed by atoms with Crippen LogP contribution in [0.25, 0.3) is 0 Å². The van der Waals surface area contributed by atoms with Crippen LogP contribution in [0, 0.1) is 0 Å². The van der Waals surface area contributed by atoms with Crippen molar-refractivity contribution in [3.8, 4) is 0 Å². The van der Waals surface area contributed by atoms with Gasteiger partial charge in [-0.05, 0) is 31.7 Å². The summed E-state index contributed by atoms with van der Waals surface area (Å²) in [5.41, 5.74) is 0.666. The first kappa shape index (κ1) is 12.7. The molecule has 1 fully saturated rings. The highest BCUT2D eigenvalue weighted by atomic mass is 16.2. The highest BCUT2D eigenvalue weighted by Crippen LogP contribution is 2.19. The van der Waals surface area contributed by atoms with E-state index in [1.165, 1.54) is 0 Å². The normalized spacial score (nSPS) is 23.4. The number of aromatic nitrogens is 1. The lowest BCUT2D eigenvalue weighted by atomic mass is 9.91. The maximum absolute atomic E-state index is 11.8. The van der Waals surface area contributed by atoms with Crippen LogP contribution in [0.5, 0.6) is 0 Å². The second-order valence-electron chi connectivity index (χ2n) is 4.82. The van der Waals surface area contributed by atoms with Crippen molar-refractivity contribution in [2.24, 2.45) is 0 Å². The van der Waals surface area contributed by atoms with Gasteiger partial charge in [0.25, 0.3) is 5.91 Å². The Kier molecular flexibility index (Phi) is 4.02. The predicted molar refractivity (Wildman–Crippen MR) is 68.1 cm³/mol. The highest BCUT2D eigenvalue weighted by Gasteiger charge is 2.23. The zero-order valence-electron chi connectivity index (χ0n) is 10.5. The Bertz CT molecular complexity index is 406. The molecule has 0 saturated heterocycles. The zero-order valence-corrected chi connectivity index (χ0v) is 10.5. The van der Waals surface area contributed by atoms with Crippen LogP contribution in [0.4, 0.5) is 0 Å². The van der Waals surface area contributed by atoms with E-state index in [-0.39, 0.29) is 23.9 Å². The summed E-state index contributed by atoms with van der Waals surface area (Å²) in [6.45, 7) is 1.54. The Morgan fingerprint density at radius 2 is 1.78 bits per heavy atom. The molecule has 2 amide bonds. The number of nitrogens with one attached hydrogen (secondary N) is 3. The van der Waals surface area contributed by atoms with Crippen LogP contribution in [-0.2, 0) is 4.79 Å². The molecule has 0 radical (unpaired) electrons. The Labute approximate surface area is 106 Å². The average Bonchev–Trinajstić information content (AvgIpc) is 2.84. The van der Waals surface area contributed by atoms with E-state index >= 15 is 0 Å². The van der Waals surface area contributed by atoms with Gasteiger partial charge in [-0.1, -0.05) is 0 Å². The quantitative estimate of drug-likeness (QED) is 0.753. The van der Waals surface area contributed by atoms with Crippen molar-refractivity contribution < 1.29 is 9.59 Å². The van der Waals surface area contributed by atoms with Gasteiger partial charge < -0.3 is 15.6 Å². The molecule has 0 aromatic carbocycles. The topological polar surface area (TPSA) is 74.0 Å². The van der Waals surface area contributed by atoms with Gasteiger partial charge in [-0.25, -0.2) is 0 Å². The number of H-pyrrole nitrogens is 1. The summed E-state index contributed by atoms with van der Waals surface area (Å²) in [7, 11) is 0. The average molecular weight is 249 g/mol. The summed E-state index contributed by atoms with van der Waals surface area (Å²) in [5.74, 6) is -0.00552. The molecule has 1 saturated carbocycles. The van der Waals surface area contributed by atoms with Crippen LogP contribution >= 0.6 is 0 Å².